The number of carbonyl (C=O) groups is 2. The van der Waals surface area contributed by atoms with Crippen LogP contribution in [0.5, 0.6) is 5.75 Å². The molecule has 0 spiro atoms. The maximum atomic E-state index is 11.4. The van der Waals surface area contributed by atoms with E-state index in [-0.39, 0.29) is 11.3 Å². The molecule has 0 amide bonds. The normalized spacial score (nSPS) is 9.75. The number of hydrogen-bond acceptors (Lipinski definition) is 4. The summed E-state index contributed by atoms with van der Waals surface area (Å²) >= 11 is 5.88. The van der Waals surface area contributed by atoms with Crippen LogP contribution in [0.3, 0.4) is 0 Å². The van der Waals surface area contributed by atoms with Gasteiger partial charge in [-0.3, -0.25) is 4.79 Å². The van der Waals surface area contributed by atoms with Crippen LogP contribution in [0.15, 0.2) is 12.1 Å². The summed E-state index contributed by atoms with van der Waals surface area (Å²) in [7, 11) is 1.24. The molecule has 0 fully saturated rings. The van der Waals surface area contributed by atoms with Gasteiger partial charge in [0.05, 0.1) is 7.11 Å². The summed E-state index contributed by atoms with van der Waals surface area (Å²) in [4.78, 5) is 22.3. The van der Waals surface area contributed by atoms with Gasteiger partial charge in [0, 0.05) is 11.9 Å². The van der Waals surface area contributed by atoms with Crippen molar-refractivity contribution in [3.8, 4) is 5.75 Å². The Labute approximate surface area is 98.1 Å². The van der Waals surface area contributed by atoms with Gasteiger partial charge in [-0.05, 0) is 24.6 Å². The molecule has 0 radical (unpaired) electrons. The van der Waals surface area contributed by atoms with Gasteiger partial charge in [0.15, 0.2) is 0 Å². The van der Waals surface area contributed by atoms with Crippen LogP contribution in [-0.2, 0) is 9.53 Å². The maximum absolute atomic E-state index is 11.4. The van der Waals surface area contributed by atoms with Crippen molar-refractivity contribution in [2.75, 3.05) is 7.11 Å². The highest BCUT2D eigenvalue weighted by Crippen LogP contribution is 2.27. The summed E-state index contributed by atoms with van der Waals surface area (Å²) in [5.74, 6) is -0.953. The molecule has 0 aliphatic heterocycles. The Morgan fingerprint density at radius 3 is 2.44 bits per heavy atom. The van der Waals surface area contributed by atoms with Gasteiger partial charge in [0.1, 0.15) is 11.3 Å². The number of aryl methyl sites for hydroxylation is 1. The lowest BCUT2D eigenvalue weighted by Crippen LogP contribution is -2.09. The smallest absolute Gasteiger partial charge is 0.341 e. The van der Waals surface area contributed by atoms with Crippen LogP contribution in [0, 0.1) is 6.92 Å². The molecular formula is C11H11ClO4. The molecule has 0 bridgehead atoms. The SMILES string of the molecule is COC(=O)c1cc(Cl)c(C)cc1OC(C)=O. The van der Waals surface area contributed by atoms with E-state index >= 15 is 0 Å². The minimum atomic E-state index is -0.599. The first-order chi connectivity index (χ1) is 7.45. The summed E-state index contributed by atoms with van der Waals surface area (Å²) in [6.45, 7) is 3.00. The largest absolute Gasteiger partial charge is 0.465 e. The monoisotopic (exact) mass is 242 g/mol. The Morgan fingerprint density at radius 2 is 1.94 bits per heavy atom. The van der Waals surface area contributed by atoms with E-state index in [1.54, 1.807) is 6.92 Å². The predicted octanol–water partition coefficient (Wildman–Crippen LogP) is 2.36. The Kier molecular flexibility index (Phi) is 3.90. The number of carbonyl (C=O) groups excluding carboxylic acids is 2. The van der Waals surface area contributed by atoms with E-state index in [0.29, 0.717) is 10.6 Å². The first-order valence-corrected chi connectivity index (χ1v) is 4.90. The van der Waals surface area contributed by atoms with Crippen molar-refractivity contribution in [3.63, 3.8) is 0 Å². The molecule has 4 nitrogen and oxygen atoms in total. The van der Waals surface area contributed by atoms with Gasteiger partial charge in [-0.25, -0.2) is 4.79 Å². The molecule has 0 aliphatic rings. The predicted molar refractivity (Wildman–Crippen MR) is 58.8 cm³/mol. The molecule has 0 unspecified atom stereocenters. The molecule has 0 heterocycles. The molecule has 0 atom stereocenters. The molecule has 0 aromatic heterocycles. The van der Waals surface area contributed by atoms with E-state index in [9.17, 15) is 9.59 Å². The number of ether oxygens (including phenoxy) is 2. The van der Waals surface area contributed by atoms with Crippen LogP contribution in [0.2, 0.25) is 5.02 Å². The van der Waals surface area contributed by atoms with E-state index in [1.165, 1.54) is 26.2 Å². The molecule has 0 aliphatic carbocycles. The Hall–Kier alpha value is -1.55. The van der Waals surface area contributed by atoms with Crippen molar-refractivity contribution in [2.45, 2.75) is 13.8 Å². The third-order valence-corrected chi connectivity index (χ3v) is 2.33. The van der Waals surface area contributed by atoms with Crippen molar-refractivity contribution in [1.82, 2.24) is 0 Å². The fourth-order valence-corrected chi connectivity index (χ4v) is 1.33. The fourth-order valence-electron chi connectivity index (χ4n) is 1.16. The van der Waals surface area contributed by atoms with Crippen LogP contribution < -0.4 is 4.74 Å². The van der Waals surface area contributed by atoms with Crippen LogP contribution in [0.4, 0.5) is 0 Å². The quantitative estimate of drug-likeness (QED) is 0.590. The van der Waals surface area contributed by atoms with Gasteiger partial charge >= 0.3 is 11.9 Å². The topological polar surface area (TPSA) is 52.6 Å². The molecule has 86 valence electrons. The molecular weight excluding hydrogens is 232 g/mol. The average Bonchev–Trinajstić information content (AvgIpc) is 2.21. The molecule has 16 heavy (non-hydrogen) atoms. The summed E-state index contributed by atoms with van der Waals surface area (Å²) in [5.41, 5.74) is 0.846. The summed E-state index contributed by atoms with van der Waals surface area (Å²) in [5, 5.41) is 0.413. The minimum Gasteiger partial charge on any atom is -0.465 e. The van der Waals surface area contributed by atoms with Crippen molar-refractivity contribution < 1.29 is 19.1 Å². The van der Waals surface area contributed by atoms with Gasteiger partial charge in [-0.1, -0.05) is 11.6 Å². The highest BCUT2D eigenvalue weighted by atomic mass is 35.5. The average molecular weight is 243 g/mol. The number of hydrogen-bond donors (Lipinski definition) is 0. The second-order valence-electron chi connectivity index (χ2n) is 3.18. The van der Waals surface area contributed by atoms with E-state index in [2.05, 4.69) is 4.74 Å². The van der Waals surface area contributed by atoms with E-state index < -0.39 is 11.9 Å². The van der Waals surface area contributed by atoms with E-state index in [0.717, 1.165) is 0 Å². The van der Waals surface area contributed by atoms with Gasteiger partial charge < -0.3 is 9.47 Å². The zero-order valence-corrected chi connectivity index (χ0v) is 9.92. The third kappa shape index (κ3) is 2.73. The van der Waals surface area contributed by atoms with Crippen LogP contribution in [0.1, 0.15) is 22.8 Å². The third-order valence-electron chi connectivity index (χ3n) is 1.92. The number of benzene rings is 1. The van der Waals surface area contributed by atoms with Gasteiger partial charge in [0.2, 0.25) is 0 Å². The molecule has 0 saturated heterocycles. The Balaban J connectivity index is 3.27. The first kappa shape index (κ1) is 12.5. The molecule has 1 rings (SSSR count). The first-order valence-electron chi connectivity index (χ1n) is 4.52. The lowest BCUT2D eigenvalue weighted by atomic mass is 10.1. The Morgan fingerprint density at radius 1 is 1.31 bits per heavy atom. The maximum Gasteiger partial charge on any atom is 0.341 e. The standard InChI is InChI=1S/C11H11ClO4/c1-6-4-10(16-7(2)13)8(5-9(6)12)11(14)15-3/h4-5H,1-3H3. The lowest BCUT2D eigenvalue weighted by molar-refractivity contribution is -0.131. The zero-order chi connectivity index (χ0) is 12.3. The summed E-state index contributed by atoms with van der Waals surface area (Å²) in [6, 6.07) is 2.94. The molecule has 1 aromatic rings. The molecule has 5 heteroatoms. The van der Waals surface area contributed by atoms with Gasteiger partial charge in [-0.2, -0.15) is 0 Å². The molecule has 0 N–H and O–H groups in total. The second kappa shape index (κ2) is 4.99. The Bertz CT molecular complexity index is 440. The zero-order valence-electron chi connectivity index (χ0n) is 9.17. The number of halogens is 1. The molecule has 0 saturated carbocycles. The van der Waals surface area contributed by atoms with Crippen LogP contribution in [-0.4, -0.2) is 19.0 Å². The van der Waals surface area contributed by atoms with Gasteiger partial charge in [0.25, 0.3) is 0 Å². The van der Waals surface area contributed by atoms with Crippen molar-refractivity contribution in [1.29, 1.82) is 0 Å². The highest BCUT2D eigenvalue weighted by molar-refractivity contribution is 6.31. The summed E-state index contributed by atoms with van der Waals surface area (Å²) in [6.07, 6.45) is 0. The van der Waals surface area contributed by atoms with E-state index in [4.69, 9.17) is 16.3 Å². The highest BCUT2D eigenvalue weighted by Gasteiger charge is 2.16. The van der Waals surface area contributed by atoms with Gasteiger partial charge in [-0.15, -0.1) is 0 Å². The van der Waals surface area contributed by atoms with Crippen molar-refractivity contribution in [3.05, 3.63) is 28.3 Å². The van der Waals surface area contributed by atoms with Crippen molar-refractivity contribution >= 4 is 23.5 Å². The lowest BCUT2D eigenvalue weighted by Gasteiger charge is -2.09. The second-order valence-corrected chi connectivity index (χ2v) is 3.59. The number of esters is 2. The number of methoxy groups -OCH3 is 1. The van der Waals surface area contributed by atoms with Crippen LogP contribution in [0.25, 0.3) is 0 Å². The van der Waals surface area contributed by atoms with Crippen molar-refractivity contribution in [2.24, 2.45) is 0 Å². The molecule has 1 aromatic carbocycles. The number of rotatable bonds is 2. The van der Waals surface area contributed by atoms with Crippen LogP contribution >= 0.6 is 11.6 Å². The fraction of sp³-hybridized carbons (Fsp3) is 0.273. The minimum absolute atomic E-state index is 0.133. The van der Waals surface area contributed by atoms with E-state index in [1.807, 2.05) is 0 Å². The summed E-state index contributed by atoms with van der Waals surface area (Å²) < 4.78 is 9.47.